The van der Waals surface area contributed by atoms with Crippen molar-refractivity contribution in [3.05, 3.63) is 23.8 Å². The number of nitrogen functional groups attached to an aromatic ring is 1. The highest BCUT2D eigenvalue weighted by Crippen LogP contribution is 2.37. The van der Waals surface area contributed by atoms with Crippen LogP contribution in [0, 0.1) is 11.6 Å². The highest BCUT2D eigenvalue weighted by Gasteiger charge is 2.27. The Bertz CT molecular complexity index is 755. The third kappa shape index (κ3) is 2.24. The van der Waals surface area contributed by atoms with Crippen LogP contribution < -0.4 is 5.73 Å². The number of phenols is 1. The van der Waals surface area contributed by atoms with E-state index in [1.165, 1.54) is 0 Å². The number of rotatable bonds is 2. The van der Waals surface area contributed by atoms with Crippen LogP contribution in [0.4, 0.5) is 14.6 Å². The number of aromatic nitrogens is 1. The van der Waals surface area contributed by atoms with E-state index in [1.807, 2.05) is 0 Å². The fourth-order valence-corrected chi connectivity index (χ4v) is 2.37. The van der Waals surface area contributed by atoms with E-state index in [9.17, 15) is 22.3 Å². The van der Waals surface area contributed by atoms with Crippen molar-refractivity contribution >= 4 is 15.7 Å². The van der Waals surface area contributed by atoms with Crippen LogP contribution in [0.3, 0.4) is 0 Å². The lowest BCUT2D eigenvalue weighted by Gasteiger charge is -2.07. The second-order valence-corrected chi connectivity index (χ2v) is 5.74. The SMILES string of the molecule is CS(=O)(=O)c1c(F)cc(-c2cc(N)no2)c(O)c1F. The summed E-state index contributed by atoms with van der Waals surface area (Å²) in [5.74, 6) is -4.23. The molecule has 0 amide bonds. The zero-order valence-corrected chi connectivity index (χ0v) is 10.3. The van der Waals surface area contributed by atoms with Crippen LogP contribution in [-0.4, -0.2) is 24.9 Å². The van der Waals surface area contributed by atoms with Gasteiger partial charge in [-0.1, -0.05) is 5.16 Å². The smallest absolute Gasteiger partial charge is 0.187 e. The Kier molecular flexibility index (Phi) is 2.93. The fraction of sp³-hybridized carbons (Fsp3) is 0.100. The van der Waals surface area contributed by atoms with Gasteiger partial charge in [-0.05, 0) is 6.07 Å². The van der Waals surface area contributed by atoms with Crippen LogP contribution in [0.1, 0.15) is 0 Å². The first-order chi connectivity index (χ1) is 8.71. The minimum atomic E-state index is -4.16. The first-order valence-corrected chi connectivity index (χ1v) is 6.74. The average Bonchev–Trinajstić information content (AvgIpc) is 2.68. The van der Waals surface area contributed by atoms with E-state index in [2.05, 4.69) is 9.68 Å². The monoisotopic (exact) mass is 290 g/mol. The molecule has 0 aliphatic carbocycles. The molecule has 0 saturated heterocycles. The molecular formula is C10H8F2N2O4S. The summed E-state index contributed by atoms with van der Waals surface area (Å²) in [6, 6.07) is 1.77. The van der Waals surface area contributed by atoms with Gasteiger partial charge in [0.15, 0.2) is 33.0 Å². The van der Waals surface area contributed by atoms with Gasteiger partial charge in [-0.25, -0.2) is 17.2 Å². The summed E-state index contributed by atoms with van der Waals surface area (Å²) >= 11 is 0. The van der Waals surface area contributed by atoms with E-state index >= 15 is 0 Å². The van der Waals surface area contributed by atoms with Gasteiger partial charge in [0.05, 0.1) is 5.56 Å². The van der Waals surface area contributed by atoms with Crippen molar-refractivity contribution in [2.75, 3.05) is 12.0 Å². The molecule has 0 spiro atoms. The third-order valence-electron chi connectivity index (χ3n) is 2.31. The summed E-state index contributed by atoms with van der Waals surface area (Å²) < 4.78 is 54.5. The molecule has 19 heavy (non-hydrogen) atoms. The predicted molar refractivity (Wildman–Crippen MR) is 61.0 cm³/mol. The number of hydrogen-bond donors (Lipinski definition) is 2. The molecule has 0 aliphatic rings. The van der Waals surface area contributed by atoms with Gasteiger partial charge in [-0.3, -0.25) is 0 Å². The number of sulfone groups is 1. The molecule has 1 aromatic heterocycles. The van der Waals surface area contributed by atoms with Gasteiger partial charge in [0, 0.05) is 12.3 Å². The molecule has 0 fully saturated rings. The number of aromatic hydroxyl groups is 1. The maximum absolute atomic E-state index is 13.7. The number of anilines is 1. The van der Waals surface area contributed by atoms with Crippen LogP contribution in [0.15, 0.2) is 21.6 Å². The molecule has 0 radical (unpaired) electrons. The maximum Gasteiger partial charge on any atom is 0.187 e. The van der Waals surface area contributed by atoms with E-state index in [0.717, 1.165) is 6.07 Å². The Balaban J connectivity index is 2.75. The molecule has 0 bridgehead atoms. The zero-order chi connectivity index (χ0) is 14.4. The molecule has 9 heteroatoms. The molecule has 2 aromatic rings. The van der Waals surface area contributed by atoms with Crippen LogP contribution in [0.2, 0.25) is 0 Å². The second-order valence-electron chi connectivity index (χ2n) is 3.79. The molecular weight excluding hydrogens is 282 g/mol. The summed E-state index contributed by atoms with van der Waals surface area (Å²) in [6.45, 7) is 0. The molecule has 1 aromatic carbocycles. The first-order valence-electron chi connectivity index (χ1n) is 4.85. The Morgan fingerprint density at radius 2 is 2.00 bits per heavy atom. The third-order valence-corrected chi connectivity index (χ3v) is 3.43. The first kappa shape index (κ1) is 13.3. The molecule has 1 heterocycles. The number of benzene rings is 1. The minimum absolute atomic E-state index is 0.0533. The van der Waals surface area contributed by atoms with Crippen molar-refractivity contribution in [2.24, 2.45) is 0 Å². The van der Waals surface area contributed by atoms with Gasteiger partial charge in [0.1, 0.15) is 10.7 Å². The second kappa shape index (κ2) is 4.19. The van der Waals surface area contributed by atoms with Crippen molar-refractivity contribution in [3.8, 4) is 17.1 Å². The molecule has 2 rings (SSSR count). The maximum atomic E-state index is 13.7. The molecule has 0 unspecified atom stereocenters. The predicted octanol–water partition coefficient (Wildman–Crippen LogP) is 1.31. The van der Waals surface area contributed by atoms with Crippen molar-refractivity contribution < 1.29 is 26.8 Å². The summed E-state index contributed by atoms with van der Waals surface area (Å²) in [5, 5.41) is 12.9. The van der Waals surface area contributed by atoms with Crippen molar-refractivity contribution in [1.29, 1.82) is 0 Å². The summed E-state index contributed by atoms with van der Waals surface area (Å²) in [5.41, 5.74) is 4.89. The fourth-order valence-electron chi connectivity index (χ4n) is 1.53. The summed E-state index contributed by atoms with van der Waals surface area (Å²) in [7, 11) is -4.16. The standard InChI is InChI=1S/C10H8F2N2O4S/c1-19(16,17)10-5(11)2-4(9(15)8(10)12)6-3-7(13)14-18-6/h2-3,15H,1H3,(H2,13,14). The van der Waals surface area contributed by atoms with Crippen LogP contribution in [0.25, 0.3) is 11.3 Å². The van der Waals surface area contributed by atoms with Gasteiger partial charge in [0.2, 0.25) is 0 Å². The number of nitrogens with zero attached hydrogens (tertiary/aromatic N) is 1. The van der Waals surface area contributed by atoms with E-state index in [4.69, 9.17) is 5.73 Å². The molecule has 102 valence electrons. The lowest BCUT2D eigenvalue weighted by molar-refractivity contribution is 0.403. The normalized spacial score (nSPS) is 11.7. The van der Waals surface area contributed by atoms with Crippen molar-refractivity contribution in [3.63, 3.8) is 0 Å². The van der Waals surface area contributed by atoms with Crippen molar-refractivity contribution in [2.45, 2.75) is 4.90 Å². The molecule has 6 nitrogen and oxygen atoms in total. The summed E-state index contributed by atoms with van der Waals surface area (Å²) in [4.78, 5) is -1.21. The van der Waals surface area contributed by atoms with Gasteiger partial charge in [0.25, 0.3) is 0 Å². The molecule has 0 aliphatic heterocycles. The molecule has 0 saturated carbocycles. The van der Waals surface area contributed by atoms with E-state index < -0.39 is 32.1 Å². The van der Waals surface area contributed by atoms with Gasteiger partial charge in [-0.2, -0.15) is 0 Å². The molecule has 0 atom stereocenters. The Hall–Kier alpha value is -2.16. The van der Waals surface area contributed by atoms with Gasteiger partial charge < -0.3 is 15.4 Å². The number of phenolic OH excluding ortho intramolecular Hbond substituents is 1. The minimum Gasteiger partial charge on any atom is -0.504 e. The van der Waals surface area contributed by atoms with Gasteiger partial charge >= 0.3 is 0 Å². The van der Waals surface area contributed by atoms with Crippen LogP contribution in [-0.2, 0) is 9.84 Å². The largest absolute Gasteiger partial charge is 0.504 e. The van der Waals surface area contributed by atoms with Gasteiger partial charge in [-0.15, -0.1) is 0 Å². The molecule has 3 N–H and O–H groups in total. The zero-order valence-electron chi connectivity index (χ0n) is 9.52. The Morgan fingerprint density at radius 3 is 2.47 bits per heavy atom. The van der Waals surface area contributed by atoms with E-state index in [0.29, 0.717) is 12.3 Å². The van der Waals surface area contributed by atoms with Crippen molar-refractivity contribution in [1.82, 2.24) is 5.16 Å². The van der Waals surface area contributed by atoms with Crippen LogP contribution >= 0.6 is 0 Å². The number of halogens is 2. The summed E-state index contributed by atoms with van der Waals surface area (Å²) in [6.07, 6.45) is 0.625. The average molecular weight is 290 g/mol. The number of nitrogens with two attached hydrogens (primary N) is 1. The highest BCUT2D eigenvalue weighted by atomic mass is 32.2. The lowest BCUT2D eigenvalue weighted by atomic mass is 10.1. The van der Waals surface area contributed by atoms with Crippen LogP contribution in [0.5, 0.6) is 5.75 Å². The highest BCUT2D eigenvalue weighted by molar-refractivity contribution is 7.90. The van der Waals surface area contributed by atoms with E-state index in [-0.39, 0.29) is 17.1 Å². The number of hydrogen-bond acceptors (Lipinski definition) is 6. The lowest BCUT2D eigenvalue weighted by Crippen LogP contribution is -2.05. The quantitative estimate of drug-likeness (QED) is 0.863. The Morgan fingerprint density at radius 1 is 1.37 bits per heavy atom. The van der Waals surface area contributed by atoms with E-state index in [1.54, 1.807) is 0 Å². The Labute approximate surface area is 106 Å². The topological polar surface area (TPSA) is 106 Å².